The Hall–Kier alpha value is -7.42. The molecule has 2 aliphatic rings. The molecule has 0 saturated heterocycles. The molecule has 1 aromatic heterocycles. The summed E-state index contributed by atoms with van der Waals surface area (Å²) in [6.45, 7) is 9.47. The summed E-state index contributed by atoms with van der Waals surface area (Å²) in [5.41, 5.74) is 22.4. The minimum atomic E-state index is -0.127. The molecule has 0 unspecified atom stereocenters. The second-order valence-electron chi connectivity index (χ2n) is 18.1. The van der Waals surface area contributed by atoms with E-state index in [4.69, 9.17) is 0 Å². The maximum Gasteiger partial charge on any atom is 0.0547 e. The van der Waals surface area contributed by atoms with Gasteiger partial charge in [-0.25, -0.2) is 0 Å². The zero-order chi connectivity index (χ0) is 41.7. The molecule has 2 heteroatoms. The van der Waals surface area contributed by atoms with Gasteiger partial charge in [-0.3, -0.25) is 0 Å². The van der Waals surface area contributed by atoms with Crippen molar-refractivity contribution in [3.05, 3.63) is 229 Å². The molecule has 0 saturated carbocycles. The molecule has 0 atom stereocenters. The molecule has 0 N–H and O–H groups in total. The van der Waals surface area contributed by atoms with Gasteiger partial charge in [-0.2, -0.15) is 0 Å². The van der Waals surface area contributed by atoms with Crippen molar-refractivity contribution in [3.63, 3.8) is 0 Å². The quantitative estimate of drug-likeness (QED) is 0.163. The fourth-order valence-electron chi connectivity index (χ4n) is 10.9. The van der Waals surface area contributed by atoms with E-state index in [1.54, 1.807) is 0 Å². The Bertz CT molecular complexity index is 3400. The van der Waals surface area contributed by atoms with Crippen molar-refractivity contribution < 1.29 is 0 Å². The van der Waals surface area contributed by atoms with Crippen molar-refractivity contribution in [2.45, 2.75) is 38.5 Å². The predicted octanol–water partition coefficient (Wildman–Crippen LogP) is 16.2. The zero-order valence-electron chi connectivity index (χ0n) is 35.5. The molecule has 0 radical (unpaired) electrons. The molecule has 2 aliphatic carbocycles. The van der Waals surface area contributed by atoms with Crippen LogP contribution >= 0.6 is 0 Å². The van der Waals surface area contributed by atoms with Crippen LogP contribution in [0.25, 0.3) is 72.0 Å². The van der Waals surface area contributed by atoms with Crippen LogP contribution in [0.3, 0.4) is 0 Å². The normalized spacial score (nSPS) is 14.1. The van der Waals surface area contributed by atoms with E-state index in [1.165, 1.54) is 94.3 Å². The van der Waals surface area contributed by atoms with Crippen molar-refractivity contribution in [1.29, 1.82) is 0 Å². The van der Waals surface area contributed by atoms with Gasteiger partial charge in [-0.05, 0) is 110 Å². The van der Waals surface area contributed by atoms with E-state index in [1.807, 2.05) is 0 Å². The van der Waals surface area contributed by atoms with Gasteiger partial charge in [-0.15, -0.1) is 0 Å². The average molecular weight is 795 g/mol. The first-order valence-corrected chi connectivity index (χ1v) is 21.9. The molecule has 0 amide bonds. The number of fused-ring (bicyclic) bond motifs is 9. The van der Waals surface area contributed by atoms with Crippen LogP contribution in [0.15, 0.2) is 206 Å². The molecular weight excluding hydrogens is 749 g/mol. The lowest BCUT2D eigenvalue weighted by Gasteiger charge is -2.31. The molecule has 0 fully saturated rings. The molecule has 0 aliphatic heterocycles. The Labute approximate surface area is 364 Å². The number of benzene rings is 9. The number of anilines is 3. The number of para-hydroxylation sites is 3. The third kappa shape index (κ3) is 5.29. The first-order valence-electron chi connectivity index (χ1n) is 21.9. The van der Waals surface area contributed by atoms with Crippen molar-refractivity contribution in [2.24, 2.45) is 0 Å². The highest BCUT2D eigenvalue weighted by molar-refractivity contribution is 6.10. The Kier molecular flexibility index (Phi) is 7.96. The first kappa shape index (κ1) is 36.4. The van der Waals surface area contributed by atoms with E-state index < -0.39 is 0 Å². The molecule has 62 heavy (non-hydrogen) atoms. The summed E-state index contributed by atoms with van der Waals surface area (Å²) in [5.74, 6) is 0. The minimum Gasteiger partial charge on any atom is -0.309 e. The lowest BCUT2D eigenvalue weighted by Crippen LogP contribution is -2.16. The Morgan fingerprint density at radius 2 is 0.919 bits per heavy atom. The van der Waals surface area contributed by atoms with Crippen LogP contribution in [0.5, 0.6) is 0 Å². The second kappa shape index (κ2) is 13.5. The number of nitrogens with zero attached hydrogens (tertiary/aromatic N) is 2. The second-order valence-corrected chi connectivity index (χ2v) is 18.1. The van der Waals surface area contributed by atoms with Crippen LogP contribution in [-0.2, 0) is 10.8 Å². The van der Waals surface area contributed by atoms with Crippen molar-refractivity contribution in [3.8, 4) is 50.2 Å². The van der Waals surface area contributed by atoms with Crippen LogP contribution in [0.2, 0.25) is 0 Å². The average Bonchev–Trinajstić information content (AvgIpc) is 3.86. The summed E-state index contributed by atoms with van der Waals surface area (Å²) in [6, 6.07) is 76.5. The molecule has 2 nitrogen and oxygen atoms in total. The van der Waals surface area contributed by atoms with E-state index in [-0.39, 0.29) is 10.8 Å². The maximum atomic E-state index is 2.51. The van der Waals surface area contributed by atoms with Gasteiger partial charge in [0.25, 0.3) is 0 Å². The first-order chi connectivity index (χ1) is 30.3. The Balaban J connectivity index is 1.04. The summed E-state index contributed by atoms with van der Waals surface area (Å²) >= 11 is 0. The largest absolute Gasteiger partial charge is 0.309 e. The lowest BCUT2D eigenvalue weighted by atomic mass is 9.81. The molecule has 0 bridgehead atoms. The van der Waals surface area contributed by atoms with Gasteiger partial charge in [-0.1, -0.05) is 179 Å². The predicted molar refractivity (Wildman–Crippen MR) is 261 cm³/mol. The van der Waals surface area contributed by atoms with Crippen LogP contribution in [-0.4, -0.2) is 4.57 Å². The third-order valence-corrected chi connectivity index (χ3v) is 14.0. The molecule has 296 valence electrons. The van der Waals surface area contributed by atoms with Gasteiger partial charge >= 0.3 is 0 Å². The minimum absolute atomic E-state index is 0.0968. The van der Waals surface area contributed by atoms with Gasteiger partial charge in [0.05, 0.1) is 22.4 Å². The summed E-state index contributed by atoms with van der Waals surface area (Å²) in [6.07, 6.45) is 0. The number of rotatable bonds is 6. The van der Waals surface area contributed by atoms with Gasteiger partial charge in [0, 0.05) is 44.1 Å². The SMILES string of the molecule is CC1(C)c2ccccc2-c2ccc(-c3ccccc3N(c3ccc(-c4ccc5c6ccccc6n(-c6ccccc6)c5c4)cc3)c3cccc4c3-c3ccccc3C4(C)C)cc21. The fraction of sp³-hybridized carbons (Fsp3) is 0.100. The standard InChI is InChI=1S/C60H46N2/c1-59(2)51-24-13-9-22-49(51)58-52(59)25-16-28-56(58)61(54-26-14-10-19-44(54)41-32-35-46-45-20-8-12-23-50(45)60(3,4)53(46)37-41)43-33-29-39(30-34-43)40-31-36-48-47-21-11-15-27-55(47)62(57(48)38-40)42-17-6-5-7-18-42/h5-38H,1-4H3. The molecule has 1 heterocycles. The van der Waals surface area contributed by atoms with E-state index in [2.05, 4.69) is 243 Å². The summed E-state index contributed by atoms with van der Waals surface area (Å²) < 4.78 is 2.40. The van der Waals surface area contributed by atoms with Crippen LogP contribution in [0.1, 0.15) is 49.9 Å². The zero-order valence-corrected chi connectivity index (χ0v) is 35.5. The molecule has 12 rings (SSSR count). The summed E-state index contributed by atoms with van der Waals surface area (Å²) in [4.78, 5) is 2.51. The smallest absolute Gasteiger partial charge is 0.0547 e. The summed E-state index contributed by atoms with van der Waals surface area (Å²) in [5, 5.41) is 2.52. The molecule has 9 aromatic carbocycles. The lowest BCUT2D eigenvalue weighted by molar-refractivity contribution is 0.660. The number of hydrogen-bond donors (Lipinski definition) is 0. The van der Waals surface area contributed by atoms with Gasteiger partial charge in [0.2, 0.25) is 0 Å². The van der Waals surface area contributed by atoms with Crippen LogP contribution in [0.4, 0.5) is 17.1 Å². The van der Waals surface area contributed by atoms with Gasteiger partial charge < -0.3 is 9.47 Å². The van der Waals surface area contributed by atoms with E-state index in [9.17, 15) is 0 Å². The highest BCUT2D eigenvalue weighted by Gasteiger charge is 2.39. The molecule has 10 aromatic rings. The topological polar surface area (TPSA) is 8.17 Å². The number of hydrogen-bond acceptors (Lipinski definition) is 1. The highest BCUT2D eigenvalue weighted by atomic mass is 15.1. The van der Waals surface area contributed by atoms with E-state index in [0.717, 1.165) is 17.1 Å². The summed E-state index contributed by atoms with van der Waals surface area (Å²) in [7, 11) is 0. The molecule has 0 spiro atoms. The molecular formula is C60H46N2. The Morgan fingerprint density at radius 3 is 1.73 bits per heavy atom. The van der Waals surface area contributed by atoms with E-state index >= 15 is 0 Å². The van der Waals surface area contributed by atoms with Crippen molar-refractivity contribution in [1.82, 2.24) is 4.57 Å². The number of aromatic nitrogens is 1. The Morgan fingerprint density at radius 1 is 0.355 bits per heavy atom. The third-order valence-electron chi connectivity index (χ3n) is 14.0. The monoisotopic (exact) mass is 794 g/mol. The highest BCUT2D eigenvalue weighted by Crippen LogP contribution is 2.56. The maximum absolute atomic E-state index is 2.51. The van der Waals surface area contributed by atoms with E-state index in [0.29, 0.717) is 0 Å². The van der Waals surface area contributed by atoms with Crippen molar-refractivity contribution in [2.75, 3.05) is 4.90 Å². The van der Waals surface area contributed by atoms with Crippen LogP contribution < -0.4 is 4.90 Å². The fourth-order valence-corrected chi connectivity index (χ4v) is 10.9. The van der Waals surface area contributed by atoms with Gasteiger partial charge in [0.15, 0.2) is 0 Å². The van der Waals surface area contributed by atoms with Crippen molar-refractivity contribution >= 4 is 38.9 Å². The van der Waals surface area contributed by atoms with Gasteiger partial charge in [0.1, 0.15) is 0 Å². The van der Waals surface area contributed by atoms with Crippen LogP contribution in [0, 0.1) is 0 Å².